The van der Waals surface area contributed by atoms with Crippen molar-refractivity contribution < 1.29 is 9.18 Å². The highest BCUT2D eigenvalue weighted by Crippen LogP contribution is 2.14. The minimum absolute atomic E-state index is 0.139. The summed E-state index contributed by atoms with van der Waals surface area (Å²) in [5.74, 6) is -0.796. The van der Waals surface area contributed by atoms with Crippen molar-refractivity contribution in [2.45, 2.75) is 13.5 Å². The summed E-state index contributed by atoms with van der Waals surface area (Å²) < 4.78 is 13.1. The first-order chi connectivity index (χ1) is 8.43. The number of hydrogen-bond acceptors (Lipinski definition) is 3. The number of halogens is 1. The van der Waals surface area contributed by atoms with E-state index in [4.69, 9.17) is 23.7 Å². The fourth-order valence-corrected chi connectivity index (χ4v) is 1.85. The molecule has 0 aliphatic carbocycles. The Labute approximate surface area is 111 Å². The Balaban J connectivity index is 2.95. The van der Waals surface area contributed by atoms with Crippen LogP contribution >= 0.6 is 12.2 Å². The van der Waals surface area contributed by atoms with Crippen molar-refractivity contribution in [3.63, 3.8) is 0 Å². The quantitative estimate of drug-likeness (QED) is 0.748. The summed E-state index contributed by atoms with van der Waals surface area (Å²) in [6.07, 6.45) is 0. The number of carbonyl (C=O) groups is 1. The largest absolute Gasteiger partial charge is 0.389 e. The highest BCUT2D eigenvalue weighted by molar-refractivity contribution is 7.80. The molecule has 1 amide bonds. The molecule has 0 radical (unpaired) electrons. The molecule has 0 fully saturated rings. The van der Waals surface area contributed by atoms with Gasteiger partial charge in [0.2, 0.25) is 5.91 Å². The van der Waals surface area contributed by atoms with Crippen LogP contribution in [0, 0.1) is 5.82 Å². The van der Waals surface area contributed by atoms with Crippen molar-refractivity contribution in [1.29, 1.82) is 0 Å². The molecule has 0 atom stereocenters. The second-order valence-corrected chi connectivity index (χ2v) is 4.38. The standard InChI is InChI=1S/C12H16FN3OS/c1-2-16(7-11(14)17)6-8-3-4-9(13)5-10(8)12(15)18/h3-5H,2,6-7H2,1H3,(H2,14,17)(H2,15,18). The van der Waals surface area contributed by atoms with Crippen LogP contribution in [0.3, 0.4) is 0 Å². The second-order valence-electron chi connectivity index (χ2n) is 3.94. The first-order valence-corrected chi connectivity index (χ1v) is 5.93. The summed E-state index contributed by atoms with van der Waals surface area (Å²) in [6.45, 7) is 3.15. The monoisotopic (exact) mass is 269 g/mol. The zero-order valence-electron chi connectivity index (χ0n) is 10.1. The number of primary amides is 1. The zero-order valence-corrected chi connectivity index (χ0v) is 11.0. The van der Waals surface area contributed by atoms with E-state index in [1.165, 1.54) is 12.1 Å². The van der Waals surface area contributed by atoms with Gasteiger partial charge >= 0.3 is 0 Å². The predicted octanol–water partition coefficient (Wildman–Crippen LogP) is 0.767. The van der Waals surface area contributed by atoms with Crippen molar-refractivity contribution in [3.05, 3.63) is 35.1 Å². The number of likely N-dealkylation sites (N-methyl/N-ethyl adjacent to an activating group) is 1. The number of nitrogens with two attached hydrogens (primary N) is 2. The lowest BCUT2D eigenvalue weighted by atomic mass is 10.1. The average molecular weight is 269 g/mol. The van der Waals surface area contributed by atoms with E-state index in [2.05, 4.69) is 0 Å². The molecule has 1 aromatic carbocycles. The highest BCUT2D eigenvalue weighted by atomic mass is 32.1. The summed E-state index contributed by atoms with van der Waals surface area (Å²) in [5, 5.41) is 0. The molecule has 98 valence electrons. The Kier molecular flexibility index (Phi) is 5.18. The molecule has 0 unspecified atom stereocenters. The van der Waals surface area contributed by atoms with Crippen molar-refractivity contribution in [3.8, 4) is 0 Å². The predicted molar refractivity (Wildman–Crippen MR) is 72.4 cm³/mol. The summed E-state index contributed by atoms with van der Waals surface area (Å²) in [5.41, 5.74) is 12.0. The Morgan fingerprint density at radius 3 is 2.61 bits per heavy atom. The van der Waals surface area contributed by atoms with Gasteiger partial charge in [0.05, 0.1) is 6.54 Å². The topological polar surface area (TPSA) is 72.3 Å². The molecule has 0 aliphatic heterocycles. The van der Waals surface area contributed by atoms with Gasteiger partial charge in [0.1, 0.15) is 10.8 Å². The normalized spacial score (nSPS) is 10.6. The van der Waals surface area contributed by atoms with E-state index in [1.807, 2.05) is 11.8 Å². The molecule has 0 aliphatic rings. The van der Waals surface area contributed by atoms with E-state index in [9.17, 15) is 9.18 Å². The Bertz CT molecular complexity index is 465. The molecule has 0 aromatic heterocycles. The SMILES string of the molecule is CCN(CC(N)=O)Cc1ccc(F)cc1C(N)=S. The van der Waals surface area contributed by atoms with Crippen LogP contribution in [-0.4, -0.2) is 28.9 Å². The van der Waals surface area contributed by atoms with Crippen molar-refractivity contribution in [2.75, 3.05) is 13.1 Å². The van der Waals surface area contributed by atoms with E-state index in [-0.39, 0.29) is 17.4 Å². The van der Waals surface area contributed by atoms with Crippen LogP contribution in [0.25, 0.3) is 0 Å². The van der Waals surface area contributed by atoms with Gasteiger partial charge in [-0.1, -0.05) is 25.2 Å². The molecule has 18 heavy (non-hydrogen) atoms. The van der Waals surface area contributed by atoms with Crippen LogP contribution in [0.15, 0.2) is 18.2 Å². The number of hydrogen-bond donors (Lipinski definition) is 2. The van der Waals surface area contributed by atoms with Crippen molar-refractivity contribution in [2.24, 2.45) is 11.5 Å². The molecule has 4 nitrogen and oxygen atoms in total. The maximum Gasteiger partial charge on any atom is 0.231 e. The van der Waals surface area contributed by atoms with E-state index < -0.39 is 5.91 Å². The maximum absolute atomic E-state index is 13.1. The van der Waals surface area contributed by atoms with Gasteiger partial charge in [-0.05, 0) is 24.2 Å². The van der Waals surface area contributed by atoms with Gasteiger partial charge in [0.15, 0.2) is 0 Å². The fraction of sp³-hybridized carbons (Fsp3) is 0.333. The molecule has 0 saturated heterocycles. The molecule has 6 heteroatoms. The summed E-state index contributed by atoms with van der Waals surface area (Å²) in [4.78, 5) is 12.9. The van der Waals surface area contributed by atoms with Gasteiger partial charge in [0, 0.05) is 12.1 Å². The van der Waals surface area contributed by atoms with E-state index in [1.54, 1.807) is 6.07 Å². The average Bonchev–Trinajstić information content (AvgIpc) is 2.29. The summed E-state index contributed by atoms with van der Waals surface area (Å²) >= 11 is 4.89. The van der Waals surface area contributed by atoms with Crippen molar-refractivity contribution >= 4 is 23.1 Å². The first-order valence-electron chi connectivity index (χ1n) is 5.53. The highest BCUT2D eigenvalue weighted by Gasteiger charge is 2.12. The molecule has 4 N–H and O–H groups in total. The van der Waals surface area contributed by atoms with Crippen LogP contribution in [0.2, 0.25) is 0 Å². The number of benzene rings is 1. The third kappa shape index (κ3) is 4.05. The van der Waals surface area contributed by atoms with E-state index >= 15 is 0 Å². The van der Waals surface area contributed by atoms with E-state index in [0.717, 1.165) is 5.56 Å². The van der Waals surface area contributed by atoms with Gasteiger partial charge in [-0.2, -0.15) is 0 Å². The van der Waals surface area contributed by atoms with Crippen LogP contribution in [0.1, 0.15) is 18.1 Å². The molecular weight excluding hydrogens is 253 g/mol. The van der Waals surface area contributed by atoms with Gasteiger partial charge in [-0.15, -0.1) is 0 Å². The van der Waals surface area contributed by atoms with Gasteiger partial charge in [-0.25, -0.2) is 4.39 Å². The lowest BCUT2D eigenvalue weighted by Gasteiger charge is -2.20. The van der Waals surface area contributed by atoms with E-state index in [0.29, 0.717) is 18.7 Å². The van der Waals surface area contributed by atoms with Gasteiger partial charge < -0.3 is 11.5 Å². The molecule has 0 bridgehead atoms. The Hall–Kier alpha value is -1.53. The molecule has 0 saturated carbocycles. The number of amides is 1. The van der Waals surface area contributed by atoms with Crippen LogP contribution in [0.5, 0.6) is 0 Å². The molecule has 0 spiro atoms. The van der Waals surface area contributed by atoms with Crippen molar-refractivity contribution in [1.82, 2.24) is 4.90 Å². The van der Waals surface area contributed by atoms with Crippen LogP contribution < -0.4 is 11.5 Å². The first kappa shape index (κ1) is 14.5. The maximum atomic E-state index is 13.1. The third-order valence-electron chi connectivity index (χ3n) is 2.56. The van der Waals surface area contributed by atoms with Gasteiger partial charge in [0.25, 0.3) is 0 Å². The number of carbonyl (C=O) groups excluding carboxylic acids is 1. The number of thiocarbonyl (C=S) groups is 1. The third-order valence-corrected chi connectivity index (χ3v) is 2.78. The second kappa shape index (κ2) is 6.42. The lowest BCUT2D eigenvalue weighted by Crippen LogP contribution is -2.33. The summed E-state index contributed by atoms with van der Waals surface area (Å²) in [6, 6.07) is 4.26. The minimum Gasteiger partial charge on any atom is -0.389 e. The number of nitrogens with zero attached hydrogens (tertiary/aromatic N) is 1. The molecule has 1 aromatic rings. The Morgan fingerprint density at radius 1 is 1.44 bits per heavy atom. The molecule has 1 rings (SSSR count). The minimum atomic E-state index is -0.407. The van der Waals surface area contributed by atoms with Crippen LogP contribution in [-0.2, 0) is 11.3 Å². The smallest absolute Gasteiger partial charge is 0.231 e. The fourth-order valence-electron chi connectivity index (χ4n) is 1.66. The van der Waals surface area contributed by atoms with Crippen LogP contribution in [0.4, 0.5) is 4.39 Å². The molecular formula is C12H16FN3OS. The molecule has 0 heterocycles. The zero-order chi connectivity index (χ0) is 13.7. The lowest BCUT2D eigenvalue weighted by molar-refractivity contribution is -0.119. The number of rotatable bonds is 6. The van der Waals surface area contributed by atoms with Gasteiger partial charge in [-0.3, -0.25) is 9.69 Å². The Morgan fingerprint density at radius 2 is 2.11 bits per heavy atom. The summed E-state index contributed by atoms with van der Waals surface area (Å²) in [7, 11) is 0.